The first kappa shape index (κ1) is 12.5. The Morgan fingerprint density at radius 2 is 1.74 bits per heavy atom. The molecule has 2 nitrogen and oxygen atoms in total. The van der Waals surface area contributed by atoms with Crippen LogP contribution < -0.4 is 0 Å². The van der Waals surface area contributed by atoms with Crippen molar-refractivity contribution >= 4 is 38.4 Å². The molecule has 0 saturated heterocycles. The Labute approximate surface area is 122 Å². The molecule has 3 aromatic rings. The number of rotatable bonds is 1. The summed E-state index contributed by atoms with van der Waals surface area (Å²) in [6.07, 6.45) is 0. The number of hydrogen-bond donors (Lipinski definition) is 0. The third-order valence-electron chi connectivity index (χ3n) is 2.71. The third kappa shape index (κ3) is 2.46. The van der Waals surface area contributed by atoms with Gasteiger partial charge in [0.2, 0.25) is 0 Å². The molecule has 3 rings (SSSR count). The van der Waals surface area contributed by atoms with Gasteiger partial charge in [-0.15, -0.1) is 0 Å². The molecule has 0 unspecified atom stereocenters. The predicted octanol–water partition coefficient (Wildman–Crippen LogP) is 4.85. The van der Waals surface area contributed by atoms with Crippen LogP contribution in [0.25, 0.3) is 22.3 Å². The maximum absolute atomic E-state index is 12.9. The van der Waals surface area contributed by atoms with E-state index < -0.39 is 0 Å². The SMILES string of the molecule is Fc1ccc(-c2nc(Cl)c3ccc(Br)cc3n2)cc1. The van der Waals surface area contributed by atoms with Gasteiger partial charge in [-0.25, -0.2) is 14.4 Å². The van der Waals surface area contributed by atoms with Crippen molar-refractivity contribution in [1.82, 2.24) is 9.97 Å². The smallest absolute Gasteiger partial charge is 0.161 e. The Balaban J connectivity index is 2.22. The minimum atomic E-state index is -0.293. The number of nitrogens with zero attached hydrogens (tertiary/aromatic N) is 2. The zero-order chi connectivity index (χ0) is 13.4. The summed E-state index contributed by atoms with van der Waals surface area (Å²) in [5.74, 6) is 0.189. The highest BCUT2D eigenvalue weighted by atomic mass is 79.9. The largest absolute Gasteiger partial charge is 0.228 e. The molecule has 0 spiro atoms. The van der Waals surface area contributed by atoms with Crippen LogP contribution in [0.15, 0.2) is 46.9 Å². The van der Waals surface area contributed by atoms with Gasteiger partial charge in [-0.05, 0) is 42.5 Å². The molecule has 0 amide bonds. The van der Waals surface area contributed by atoms with Crippen molar-refractivity contribution in [3.63, 3.8) is 0 Å². The molecule has 1 aromatic heterocycles. The highest BCUT2D eigenvalue weighted by Crippen LogP contribution is 2.26. The number of fused-ring (bicyclic) bond motifs is 1. The lowest BCUT2D eigenvalue weighted by molar-refractivity contribution is 0.628. The quantitative estimate of drug-likeness (QED) is 0.593. The van der Waals surface area contributed by atoms with Crippen LogP contribution >= 0.6 is 27.5 Å². The van der Waals surface area contributed by atoms with E-state index in [1.165, 1.54) is 12.1 Å². The van der Waals surface area contributed by atoms with E-state index >= 15 is 0 Å². The van der Waals surface area contributed by atoms with Crippen LogP contribution in [-0.2, 0) is 0 Å². The summed E-state index contributed by atoms with van der Waals surface area (Å²) in [7, 11) is 0. The maximum Gasteiger partial charge on any atom is 0.161 e. The lowest BCUT2D eigenvalue weighted by atomic mass is 10.2. The minimum Gasteiger partial charge on any atom is -0.228 e. The molecule has 5 heteroatoms. The Morgan fingerprint density at radius 3 is 2.47 bits per heavy atom. The van der Waals surface area contributed by atoms with E-state index in [-0.39, 0.29) is 5.82 Å². The highest BCUT2D eigenvalue weighted by Gasteiger charge is 2.08. The molecule has 0 aliphatic rings. The second-order valence-electron chi connectivity index (χ2n) is 4.01. The number of aromatic nitrogens is 2. The first-order valence-electron chi connectivity index (χ1n) is 5.52. The molecule has 1 heterocycles. The Morgan fingerprint density at radius 1 is 1.00 bits per heavy atom. The van der Waals surface area contributed by atoms with Crippen molar-refractivity contribution in [2.75, 3.05) is 0 Å². The van der Waals surface area contributed by atoms with Gasteiger partial charge >= 0.3 is 0 Å². The Kier molecular flexibility index (Phi) is 3.21. The normalized spacial score (nSPS) is 10.9. The lowest BCUT2D eigenvalue weighted by Crippen LogP contribution is -1.92. The highest BCUT2D eigenvalue weighted by molar-refractivity contribution is 9.10. The molecule has 0 bridgehead atoms. The van der Waals surface area contributed by atoms with Crippen LogP contribution in [-0.4, -0.2) is 9.97 Å². The predicted molar refractivity (Wildman–Crippen MR) is 77.6 cm³/mol. The summed E-state index contributed by atoms with van der Waals surface area (Å²) in [5, 5.41) is 1.17. The average Bonchev–Trinajstić information content (AvgIpc) is 2.38. The fraction of sp³-hybridized carbons (Fsp3) is 0. The molecule has 0 aliphatic carbocycles. The Bertz CT molecular complexity index is 759. The molecule has 0 fully saturated rings. The molecule has 0 N–H and O–H groups in total. The van der Waals surface area contributed by atoms with Crippen LogP contribution in [0.4, 0.5) is 4.39 Å². The molecule has 2 aromatic carbocycles. The first-order valence-corrected chi connectivity index (χ1v) is 6.69. The Hall–Kier alpha value is -1.52. The van der Waals surface area contributed by atoms with Gasteiger partial charge < -0.3 is 0 Å². The molecule has 0 saturated carbocycles. The van der Waals surface area contributed by atoms with Crippen molar-refractivity contribution in [2.45, 2.75) is 0 Å². The molecule has 0 radical (unpaired) electrons. The number of benzene rings is 2. The van der Waals surface area contributed by atoms with Crippen LogP contribution in [0.1, 0.15) is 0 Å². The lowest BCUT2D eigenvalue weighted by Gasteiger charge is -2.05. The standard InChI is InChI=1S/C14H7BrClFN2/c15-9-3-6-11-12(7-9)18-14(19-13(11)16)8-1-4-10(17)5-2-8/h1-7H. The van der Waals surface area contributed by atoms with Crippen LogP contribution in [0, 0.1) is 5.82 Å². The zero-order valence-electron chi connectivity index (χ0n) is 9.57. The average molecular weight is 338 g/mol. The van der Waals surface area contributed by atoms with Gasteiger partial charge in [0.15, 0.2) is 5.82 Å². The van der Waals surface area contributed by atoms with Gasteiger partial charge in [-0.1, -0.05) is 27.5 Å². The molecule has 0 atom stereocenters. The van der Waals surface area contributed by atoms with Gasteiger partial charge in [0.05, 0.1) is 5.52 Å². The molecular formula is C14H7BrClFN2. The summed E-state index contributed by atoms with van der Waals surface area (Å²) in [6, 6.07) is 11.6. The van der Waals surface area contributed by atoms with Crippen molar-refractivity contribution in [3.05, 3.63) is 57.9 Å². The van der Waals surface area contributed by atoms with Crippen molar-refractivity contribution in [2.24, 2.45) is 0 Å². The van der Waals surface area contributed by atoms with Crippen LogP contribution in [0.3, 0.4) is 0 Å². The summed E-state index contributed by atoms with van der Waals surface area (Å²) in [4.78, 5) is 8.70. The van der Waals surface area contributed by atoms with E-state index in [2.05, 4.69) is 25.9 Å². The fourth-order valence-corrected chi connectivity index (χ4v) is 2.38. The number of halogens is 3. The van der Waals surface area contributed by atoms with Gasteiger partial charge in [0.1, 0.15) is 11.0 Å². The molecular weight excluding hydrogens is 331 g/mol. The second kappa shape index (κ2) is 4.87. The van der Waals surface area contributed by atoms with Crippen LogP contribution in [0.5, 0.6) is 0 Å². The fourth-order valence-electron chi connectivity index (χ4n) is 1.79. The van der Waals surface area contributed by atoms with Crippen LogP contribution in [0.2, 0.25) is 5.15 Å². The van der Waals surface area contributed by atoms with Crippen molar-refractivity contribution < 1.29 is 4.39 Å². The third-order valence-corrected chi connectivity index (χ3v) is 3.50. The minimum absolute atomic E-state index is 0.293. The van der Waals surface area contributed by atoms with Gasteiger partial charge in [0.25, 0.3) is 0 Å². The maximum atomic E-state index is 12.9. The van der Waals surface area contributed by atoms with Crippen molar-refractivity contribution in [1.29, 1.82) is 0 Å². The summed E-state index contributed by atoms with van der Waals surface area (Å²) < 4.78 is 13.8. The van der Waals surface area contributed by atoms with Gasteiger partial charge in [-0.3, -0.25) is 0 Å². The summed E-state index contributed by atoms with van der Waals surface area (Å²) in [5.41, 5.74) is 1.47. The van der Waals surface area contributed by atoms with E-state index in [9.17, 15) is 4.39 Å². The molecule has 94 valence electrons. The summed E-state index contributed by atoms with van der Waals surface area (Å²) >= 11 is 9.55. The van der Waals surface area contributed by atoms with Gasteiger partial charge in [0, 0.05) is 15.4 Å². The topological polar surface area (TPSA) is 25.8 Å². The van der Waals surface area contributed by atoms with E-state index in [0.717, 1.165) is 20.9 Å². The second-order valence-corrected chi connectivity index (χ2v) is 5.28. The zero-order valence-corrected chi connectivity index (χ0v) is 11.9. The van der Waals surface area contributed by atoms with E-state index in [0.29, 0.717) is 11.0 Å². The molecule has 19 heavy (non-hydrogen) atoms. The van der Waals surface area contributed by atoms with Gasteiger partial charge in [-0.2, -0.15) is 0 Å². The van der Waals surface area contributed by atoms with E-state index in [1.54, 1.807) is 12.1 Å². The van der Waals surface area contributed by atoms with E-state index in [4.69, 9.17) is 11.6 Å². The van der Waals surface area contributed by atoms with E-state index in [1.807, 2.05) is 18.2 Å². The molecule has 0 aliphatic heterocycles. The summed E-state index contributed by atoms with van der Waals surface area (Å²) in [6.45, 7) is 0. The number of hydrogen-bond acceptors (Lipinski definition) is 2. The van der Waals surface area contributed by atoms with Crippen molar-refractivity contribution in [3.8, 4) is 11.4 Å². The monoisotopic (exact) mass is 336 g/mol. The first-order chi connectivity index (χ1) is 9.13.